The summed E-state index contributed by atoms with van der Waals surface area (Å²) < 4.78 is 0. The standard InChI is InChI=1S/C10H18N4S/c1-11-2-4-13-5-7-14(8-6-13)10-12-3-9-15-10/h3,9,11H,2,4-8H2,1H3. The van der Waals surface area contributed by atoms with Gasteiger partial charge in [-0.05, 0) is 7.05 Å². The predicted molar refractivity (Wildman–Crippen MR) is 64.7 cm³/mol. The van der Waals surface area contributed by atoms with Crippen molar-refractivity contribution in [1.82, 2.24) is 15.2 Å². The number of rotatable bonds is 4. The van der Waals surface area contributed by atoms with Gasteiger partial charge in [-0.3, -0.25) is 4.90 Å². The Hall–Kier alpha value is -0.650. The van der Waals surface area contributed by atoms with Gasteiger partial charge in [0.1, 0.15) is 0 Å². The van der Waals surface area contributed by atoms with Crippen molar-refractivity contribution < 1.29 is 0 Å². The number of anilines is 1. The third kappa shape index (κ3) is 2.90. The molecule has 5 heteroatoms. The Kier molecular flexibility index (Phi) is 3.94. The molecule has 0 saturated carbocycles. The third-order valence-electron chi connectivity index (χ3n) is 2.74. The molecule has 0 aromatic carbocycles. The predicted octanol–water partition coefficient (Wildman–Crippen LogP) is 0.484. The van der Waals surface area contributed by atoms with Gasteiger partial charge < -0.3 is 10.2 Å². The minimum Gasteiger partial charge on any atom is -0.346 e. The van der Waals surface area contributed by atoms with E-state index in [2.05, 4.69) is 20.1 Å². The van der Waals surface area contributed by atoms with Gasteiger partial charge in [0.2, 0.25) is 0 Å². The molecule has 84 valence electrons. The molecule has 0 spiro atoms. The number of likely N-dealkylation sites (N-methyl/N-ethyl adjacent to an activating group) is 1. The highest BCUT2D eigenvalue weighted by Gasteiger charge is 2.17. The van der Waals surface area contributed by atoms with E-state index >= 15 is 0 Å². The SMILES string of the molecule is CNCCN1CCN(c2nccs2)CC1. The summed E-state index contributed by atoms with van der Waals surface area (Å²) in [5.41, 5.74) is 0. The number of aromatic nitrogens is 1. The summed E-state index contributed by atoms with van der Waals surface area (Å²) in [5.74, 6) is 0. The first-order chi connectivity index (χ1) is 7.40. The molecule has 4 nitrogen and oxygen atoms in total. The average Bonchev–Trinajstić information content (AvgIpc) is 2.80. The normalized spacial score (nSPS) is 18.3. The van der Waals surface area contributed by atoms with Crippen molar-refractivity contribution in [2.75, 3.05) is 51.2 Å². The van der Waals surface area contributed by atoms with Gasteiger partial charge in [-0.15, -0.1) is 11.3 Å². The van der Waals surface area contributed by atoms with Gasteiger partial charge in [0.15, 0.2) is 5.13 Å². The number of nitrogens with one attached hydrogen (secondary N) is 1. The van der Waals surface area contributed by atoms with Crippen molar-refractivity contribution in [2.24, 2.45) is 0 Å². The Morgan fingerprint density at radius 1 is 1.40 bits per heavy atom. The maximum atomic E-state index is 4.34. The monoisotopic (exact) mass is 226 g/mol. The summed E-state index contributed by atoms with van der Waals surface area (Å²) in [5, 5.41) is 6.40. The number of hydrogen-bond donors (Lipinski definition) is 1. The Balaban J connectivity index is 1.77. The van der Waals surface area contributed by atoms with Crippen LogP contribution in [-0.2, 0) is 0 Å². The molecule has 2 rings (SSSR count). The van der Waals surface area contributed by atoms with Crippen molar-refractivity contribution in [3.8, 4) is 0 Å². The number of hydrogen-bond acceptors (Lipinski definition) is 5. The van der Waals surface area contributed by atoms with Crippen molar-refractivity contribution in [1.29, 1.82) is 0 Å². The van der Waals surface area contributed by atoms with E-state index in [4.69, 9.17) is 0 Å². The van der Waals surface area contributed by atoms with E-state index < -0.39 is 0 Å². The quantitative estimate of drug-likeness (QED) is 0.809. The Labute approximate surface area is 94.9 Å². The molecule has 1 saturated heterocycles. The number of piperazine rings is 1. The van der Waals surface area contributed by atoms with Gasteiger partial charge in [0, 0.05) is 50.8 Å². The van der Waals surface area contributed by atoms with Crippen LogP contribution < -0.4 is 10.2 Å². The third-order valence-corrected chi connectivity index (χ3v) is 3.57. The Morgan fingerprint density at radius 2 is 2.20 bits per heavy atom. The first-order valence-electron chi connectivity index (χ1n) is 5.41. The van der Waals surface area contributed by atoms with Crippen LogP contribution in [0, 0.1) is 0 Å². The molecule has 0 atom stereocenters. The highest BCUT2D eigenvalue weighted by molar-refractivity contribution is 7.13. The van der Waals surface area contributed by atoms with Crippen LogP contribution in [0.25, 0.3) is 0 Å². The molecule has 0 unspecified atom stereocenters. The van der Waals surface area contributed by atoms with Crippen LogP contribution in [-0.4, -0.2) is 56.2 Å². The smallest absolute Gasteiger partial charge is 0.185 e. The fourth-order valence-corrected chi connectivity index (χ4v) is 2.50. The van der Waals surface area contributed by atoms with Crippen LogP contribution in [0.1, 0.15) is 0 Å². The fraction of sp³-hybridized carbons (Fsp3) is 0.700. The van der Waals surface area contributed by atoms with Crippen molar-refractivity contribution in [3.05, 3.63) is 11.6 Å². The van der Waals surface area contributed by atoms with E-state index in [1.165, 1.54) is 5.13 Å². The van der Waals surface area contributed by atoms with E-state index in [0.29, 0.717) is 0 Å². The topological polar surface area (TPSA) is 31.4 Å². The summed E-state index contributed by atoms with van der Waals surface area (Å²) in [7, 11) is 2.01. The molecule has 0 radical (unpaired) electrons. The maximum absolute atomic E-state index is 4.34. The van der Waals surface area contributed by atoms with Gasteiger partial charge in [0.05, 0.1) is 0 Å². The summed E-state index contributed by atoms with van der Waals surface area (Å²) in [6.45, 7) is 6.76. The molecular weight excluding hydrogens is 208 g/mol. The zero-order valence-corrected chi connectivity index (χ0v) is 9.96. The summed E-state index contributed by atoms with van der Waals surface area (Å²) >= 11 is 1.73. The van der Waals surface area contributed by atoms with Crippen molar-refractivity contribution >= 4 is 16.5 Å². The van der Waals surface area contributed by atoms with Crippen LogP contribution in [0.5, 0.6) is 0 Å². The molecule has 1 fully saturated rings. The van der Waals surface area contributed by atoms with Gasteiger partial charge in [-0.2, -0.15) is 0 Å². The second kappa shape index (κ2) is 5.44. The van der Waals surface area contributed by atoms with Crippen LogP contribution in [0.2, 0.25) is 0 Å². The second-order valence-corrected chi connectivity index (χ2v) is 4.62. The van der Waals surface area contributed by atoms with E-state index in [1.54, 1.807) is 11.3 Å². The van der Waals surface area contributed by atoms with Crippen LogP contribution in [0.15, 0.2) is 11.6 Å². The van der Waals surface area contributed by atoms with Crippen LogP contribution in [0.3, 0.4) is 0 Å². The molecule has 2 heterocycles. The van der Waals surface area contributed by atoms with Crippen molar-refractivity contribution in [2.45, 2.75) is 0 Å². The van der Waals surface area contributed by atoms with E-state index in [9.17, 15) is 0 Å². The molecule has 1 aliphatic heterocycles. The fourth-order valence-electron chi connectivity index (χ4n) is 1.80. The minimum absolute atomic E-state index is 1.08. The highest BCUT2D eigenvalue weighted by Crippen LogP contribution is 2.18. The van der Waals surface area contributed by atoms with E-state index in [1.807, 2.05) is 18.6 Å². The molecule has 0 bridgehead atoms. The van der Waals surface area contributed by atoms with E-state index in [0.717, 1.165) is 39.3 Å². The molecule has 1 aliphatic rings. The molecule has 1 aromatic heterocycles. The van der Waals surface area contributed by atoms with Crippen molar-refractivity contribution in [3.63, 3.8) is 0 Å². The largest absolute Gasteiger partial charge is 0.346 e. The minimum atomic E-state index is 1.08. The van der Waals surface area contributed by atoms with Gasteiger partial charge in [0.25, 0.3) is 0 Å². The zero-order valence-electron chi connectivity index (χ0n) is 9.15. The molecule has 15 heavy (non-hydrogen) atoms. The van der Waals surface area contributed by atoms with Gasteiger partial charge in [-0.25, -0.2) is 4.98 Å². The number of thiazole rings is 1. The van der Waals surface area contributed by atoms with Crippen LogP contribution in [0.4, 0.5) is 5.13 Å². The molecular formula is C10H18N4S. The lowest BCUT2D eigenvalue weighted by molar-refractivity contribution is 0.259. The molecule has 1 N–H and O–H groups in total. The maximum Gasteiger partial charge on any atom is 0.185 e. The summed E-state index contributed by atoms with van der Waals surface area (Å²) in [4.78, 5) is 9.22. The average molecular weight is 226 g/mol. The molecule has 0 amide bonds. The lowest BCUT2D eigenvalue weighted by Gasteiger charge is -2.34. The first-order valence-corrected chi connectivity index (χ1v) is 6.29. The Morgan fingerprint density at radius 3 is 2.80 bits per heavy atom. The van der Waals surface area contributed by atoms with Gasteiger partial charge in [-0.1, -0.05) is 0 Å². The summed E-state index contributed by atoms with van der Waals surface area (Å²) in [6, 6.07) is 0. The molecule has 0 aliphatic carbocycles. The zero-order chi connectivity index (χ0) is 10.5. The van der Waals surface area contributed by atoms with Crippen LogP contribution >= 0.6 is 11.3 Å². The lowest BCUT2D eigenvalue weighted by Crippen LogP contribution is -2.47. The highest BCUT2D eigenvalue weighted by atomic mass is 32.1. The number of nitrogens with zero attached hydrogens (tertiary/aromatic N) is 3. The van der Waals surface area contributed by atoms with E-state index in [-0.39, 0.29) is 0 Å². The Bertz CT molecular complexity index is 267. The van der Waals surface area contributed by atoms with Gasteiger partial charge >= 0.3 is 0 Å². The lowest BCUT2D eigenvalue weighted by atomic mass is 10.3. The second-order valence-electron chi connectivity index (χ2n) is 3.75. The molecule has 1 aromatic rings. The first kappa shape index (κ1) is 10.9. The summed E-state index contributed by atoms with van der Waals surface area (Å²) in [6.07, 6.45) is 1.88.